The van der Waals surface area contributed by atoms with Gasteiger partial charge in [-0.05, 0) is 0 Å². The van der Waals surface area contributed by atoms with Crippen LogP contribution in [0.15, 0.2) is 6.33 Å². The van der Waals surface area contributed by atoms with Crippen LogP contribution in [0.4, 0.5) is 10.6 Å². The van der Waals surface area contributed by atoms with Crippen molar-refractivity contribution in [3.8, 4) is 0 Å². The van der Waals surface area contributed by atoms with E-state index in [2.05, 4.69) is 9.72 Å². The zero-order valence-corrected chi connectivity index (χ0v) is 6.85. The smallest absolute Gasteiger partial charge is 0.420 e. The quantitative estimate of drug-likeness (QED) is 0.591. The molecule has 7 nitrogen and oxygen atoms in total. The summed E-state index contributed by atoms with van der Waals surface area (Å²) in [6.07, 6.45) is 0.346. The van der Waals surface area contributed by atoms with Crippen LogP contribution in [0.5, 0.6) is 0 Å². The lowest BCUT2D eigenvalue weighted by Gasteiger charge is -2.00. The largest absolute Gasteiger partial charge is 0.452 e. The van der Waals surface area contributed by atoms with Crippen molar-refractivity contribution in [3.63, 3.8) is 0 Å². The van der Waals surface area contributed by atoms with Gasteiger partial charge in [0.05, 0.1) is 7.11 Å². The Hall–Kier alpha value is -2.05. The fourth-order valence-corrected chi connectivity index (χ4v) is 0.792. The van der Waals surface area contributed by atoms with E-state index >= 15 is 0 Å². The molecule has 0 aliphatic carbocycles. The number of primary amides is 1. The molecule has 0 radical (unpaired) electrons. The third-order valence-electron chi connectivity index (χ3n) is 1.41. The van der Waals surface area contributed by atoms with Crippen molar-refractivity contribution in [3.05, 3.63) is 12.0 Å². The molecule has 0 aliphatic rings. The molecule has 1 rings (SSSR count). The fourth-order valence-electron chi connectivity index (χ4n) is 0.792. The number of imidazole rings is 1. The Labute approximate surface area is 73.3 Å². The number of aromatic nitrogens is 2. The van der Waals surface area contributed by atoms with Crippen molar-refractivity contribution >= 4 is 17.8 Å². The first-order chi connectivity index (χ1) is 6.07. The molecule has 1 aromatic heterocycles. The number of carbonyl (C=O) groups is 2. The van der Waals surface area contributed by atoms with Gasteiger partial charge in [-0.15, -0.1) is 0 Å². The Morgan fingerprint density at radius 3 is 2.62 bits per heavy atom. The second-order valence-corrected chi connectivity index (χ2v) is 2.18. The third kappa shape index (κ3) is 1.43. The highest BCUT2D eigenvalue weighted by Gasteiger charge is 2.16. The van der Waals surface area contributed by atoms with E-state index in [1.54, 1.807) is 0 Å². The molecule has 0 unspecified atom stereocenters. The van der Waals surface area contributed by atoms with Crippen LogP contribution in [0.2, 0.25) is 0 Å². The summed E-state index contributed by atoms with van der Waals surface area (Å²) in [6.45, 7) is 0. The molecular weight excluding hydrogens is 176 g/mol. The third-order valence-corrected chi connectivity index (χ3v) is 1.41. The van der Waals surface area contributed by atoms with Crippen LogP contribution in [0.3, 0.4) is 0 Å². The zero-order chi connectivity index (χ0) is 10.0. The lowest BCUT2D eigenvalue weighted by molar-refractivity contribution is 0.0997. The van der Waals surface area contributed by atoms with Crippen molar-refractivity contribution in [1.29, 1.82) is 0 Å². The van der Waals surface area contributed by atoms with Gasteiger partial charge in [-0.2, -0.15) is 0 Å². The maximum absolute atomic E-state index is 10.9. The Balaban J connectivity index is 3.13. The van der Waals surface area contributed by atoms with Crippen LogP contribution in [-0.4, -0.2) is 28.7 Å². The topological polar surface area (TPSA) is 113 Å². The van der Waals surface area contributed by atoms with Gasteiger partial charge < -0.3 is 16.2 Å². The van der Waals surface area contributed by atoms with E-state index in [1.165, 1.54) is 7.11 Å². The second kappa shape index (κ2) is 3.13. The summed E-state index contributed by atoms with van der Waals surface area (Å²) >= 11 is 0. The predicted molar refractivity (Wildman–Crippen MR) is 43.0 cm³/mol. The number of nitrogen functional groups attached to an aromatic ring is 1. The predicted octanol–water partition coefficient (Wildman–Crippen LogP) is -0.821. The first kappa shape index (κ1) is 9.04. The van der Waals surface area contributed by atoms with E-state index in [0.717, 1.165) is 10.9 Å². The Morgan fingerprint density at radius 2 is 2.23 bits per heavy atom. The minimum Gasteiger partial charge on any atom is -0.452 e. The average Bonchev–Trinajstić information content (AvgIpc) is 2.46. The summed E-state index contributed by atoms with van der Waals surface area (Å²) in [4.78, 5) is 25.1. The summed E-state index contributed by atoms with van der Waals surface area (Å²) < 4.78 is 5.25. The van der Waals surface area contributed by atoms with E-state index in [4.69, 9.17) is 11.5 Å². The number of anilines is 1. The SMILES string of the molecule is COC(=O)n1cnc(C(N)=O)c1N. The standard InChI is InChI=1S/C6H8N4O3/c1-13-6(12)10-2-9-3(4(10)7)5(8)11/h2H,7H2,1H3,(H2,8,11). The number of methoxy groups -OCH3 is 1. The van der Waals surface area contributed by atoms with E-state index in [-0.39, 0.29) is 11.5 Å². The molecular formula is C6H8N4O3. The molecule has 0 atom stereocenters. The van der Waals surface area contributed by atoms with Crippen LogP contribution in [0, 0.1) is 0 Å². The highest BCUT2D eigenvalue weighted by atomic mass is 16.5. The summed E-state index contributed by atoms with van der Waals surface area (Å²) in [5.74, 6) is -0.917. The molecule has 0 saturated carbocycles. The number of hydrogen-bond acceptors (Lipinski definition) is 5. The van der Waals surface area contributed by atoms with Crippen LogP contribution >= 0.6 is 0 Å². The van der Waals surface area contributed by atoms with Gasteiger partial charge >= 0.3 is 6.09 Å². The number of amides is 1. The van der Waals surface area contributed by atoms with Crippen LogP contribution in [0.1, 0.15) is 10.5 Å². The molecule has 7 heteroatoms. The van der Waals surface area contributed by atoms with Crippen LogP contribution in [0.25, 0.3) is 0 Å². The van der Waals surface area contributed by atoms with Crippen LogP contribution in [-0.2, 0) is 4.74 Å². The fraction of sp³-hybridized carbons (Fsp3) is 0.167. The average molecular weight is 184 g/mol. The van der Waals surface area contributed by atoms with Gasteiger partial charge in [0.15, 0.2) is 5.69 Å². The van der Waals surface area contributed by atoms with Crippen molar-refractivity contribution in [2.75, 3.05) is 12.8 Å². The molecule has 0 bridgehead atoms. The lowest BCUT2D eigenvalue weighted by atomic mass is 10.4. The second-order valence-electron chi connectivity index (χ2n) is 2.18. The van der Waals surface area contributed by atoms with Gasteiger partial charge in [0.25, 0.3) is 5.91 Å². The van der Waals surface area contributed by atoms with E-state index in [9.17, 15) is 9.59 Å². The first-order valence-corrected chi connectivity index (χ1v) is 3.29. The Morgan fingerprint density at radius 1 is 1.62 bits per heavy atom. The zero-order valence-electron chi connectivity index (χ0n) is 6.85. The highest BCUT2D eigenvalue weighted by Crippen LogP contribution is 2.08. The van der Waals surface area contributed by atoms with Crippen molar-refractivity contribution in [1.82, 2.24) is 9.55 Å². The molecule has 0 aromatic carbocycles. The van der Waals surface area contributed by atoms with Gasteiger partial charge in [-0.1, -0.05) is 0 Å². The maximum atomic E-state index is 10.9. The minimum atomic E-state index is -0.792. The summed E-state index contributed by atoms with van der Waals surface area (Å²) in [6, 6.07) is 0. The van der Waals surface area contributed by atoms with Crippen molar-refractivity contribution in [2.45, 2.75) is 0 Å². The van der Waals surface area contributed by atoms with E-state index in [0.29, 0.717) is 0 Å². The lowest BCUT2D eigenvalue weighted by Crippen LogP contribution is -2.17. The number of ether oxygens (including phenoxy) is 1. The van der Waals surface area contributed by atoms with E-state index < -0.39 is 12.0 Å². The molecule has 4 N–H and O–H groups in total. The minimum absolute atomic E-state index is 0.126. The van der Waals surface area contributed by atoms with Crippen molar-refractivity contribution in [2.24, 2.45) is 5.73 Å². The molecule has 1 amide bonds. The number of nitrogens with two attached hydrogens (primary N) is 2. The van der Waals surface area contributed by atoms with Gasteiger partial charge in [-0.25, -0.2) is 14.3 Å². The molecule has 0 fully saturated rings. The van der Waals surface area contributed by atoms with E-state index in [1.807, 2.05) is 0 Å². The molecule has 13 heavy (non-hydrogen) atoms. The Bertz CT molecular complexity index is 357. The number of nitrogens with zero attached hydrogens (tertiary/aromatic N) is 2. The van der Waals surface area contributed by atoms with Gasteiger partial charge in [-0.3, -0.25) is 4.79 Å². The summed E-state index contributed by atoms with van der Waals surface area (Å²) in [5.41, 5.74) is 10.2. The monoisotopic (exact) mass is 184 g/mol. The molecule has 70 valence electrons. The first-order valence-electron chi connectivity index (χ1n) is 3.29. The highest BCUT2D eigenvalue weighted by molar-refractivity contribution is 5.96. The van der Waals surface area contributed by atoms with Crippen molar-refractivity contribution < 1.29 is 14.3 Å². The number of hydrogen-bond donors (Lipinski definition) is 2. The van der Waals surface area contributed by atoms with Gasteiger partial charge in [0.2, 0.25) is 0 Å². The van der Waals surface area contributed by atoms with Gasteiger partial charge in [0.1, 0.15) is 12.1 Å². The Kier molecular flexibility index (Phi) is 2.18. The van der Waals surface area contributed by atoms with Crippen LogP contribution < -0.4 is 11.5 Å². The van der Waals surface area contributed by atoms with Gasteiger partial charge in [0, 0.05) is 0 Å². The molecule has 0 spiro atoms. The molecule has 0 saturated heterocycles. The molecule has 0 aliphatic heterocycles. The molecule has 1 aromatic rings. The number of carbonyl (C=O) groups excluding carboxylic acids is 2. The summed E-state index contributed by atoms with van der Waals surface area (Å²) in [7, 11) is 1.19. The normalized spacial score (nSPS) is 9.62. The summed E-state index contributed by atoms with van der Waals surface area (Å²) in [5, 5.41) is 0. The number of rotatable bonds is 1. The maximum Gasteiger partial charge on any atom is 0.420 e. The molecule has 1 heterocycles.